The van der Waals surface area contributed by atoms with Gasteiger partial charge in [-0.1, -0.05) is 0 Å². The summed E-state index contributed by atoms with van der Waals surface area (Å²) in [7, 11) is -9.83. The first-order valence-corrected chi connectivity index (χ1v) is 6.25. The van der Waals surface area contributed by atoms with Crippen LogP contribution < -0.4 is 9.79 Å². The van der Waals surface area contributed by atoms with Gasteiger partial charge in [-0.05, 0) is 22.5 Å². The molecule has 0 aromatic heterocycles. The molecule has 0 aliphatic carbocycles. The van der Waals surface area contributed by atoms with Gasteiger partial charge >= 0.3 is 62.2 Å². The van der Waals surface area contributed by atoms with Crippen molar-refractivity contribution >= 4 is 98.7 Å². The van der Waals surface area contributed by atoms with Crippen molar-refractivity contribution in [1.29, 1.82) is 0 Å². The van der Waals surface area contributed by atoms with Crippen molar-refractivity contribution < 1.29 is 27.3 Å². The first kappa shape index (κ1) is 24.2. The van der Waals surface area contributed by atoms with Crippen molar-refractivity contribution in [3.8, 4) is 0 Å². The second-order valence-electron chi connectivity index (χ2n) is 0.829. The van der Waals surface area contributed by atoms with Crippen LogP contribution in [0.3, 0.4) is 0 Å². The van der Waals surface area contributed by atoms with E-state index < -0.39 is 14.1 Å². The fourth-order valence-electron chi connectivity index (χ4n) is 0. The predicted molar refractivity (Wildman–Crippen MR) is 44.8 cm³/mol. The van der Waals surface area contributed by atoms with Crippen LogP contribution in [0.5, 0.6) is 0 Å². The third-order valence-corrected chi connectivity index (χ3v) is 0. The molecule has 0 aliphatic rings. The first-order valence-electron chi connectivity index (χ1n) is 1.41. The quantitative estimate of drug-likeness (QED) is 0.416. The van der Waals surface area contributed by atoms with Crippen LogP contribution in [0.15, 0.2) is 0 Å². The molecule has 0 saturated carbocycles. The van der Waals surface area contributed by atoms with Gasteiger partial charge in [0.15, 0.2) is 0 Å². The number of hydrogen-bond acceptors (Lipinski definition) is 4. The van der Waals surface area contributed by atoms with Crippen molar-refractivity contribution in [2.75, 3.05) is 0 Å². The van der Waals surface area contributed by atoms with Crippen molar-refractivity contribution in [2.45, 2.75) is 0 Å². The van der Waals surface area contributed by atoms with Gasteiger partial charge in [-0.3, -0.25) is 9.13 Å². The van der Waals surface area contributed by atoms with Gasteiger partial charge < -0.3 is 9.79 Å². The van der Waals surface area contributed by atoms with Crippen LogP contribution in [0.25, 0.3) is 0 Å². The van der Waals surface area contributed by atoms with Gasteiger partial charge in [0.2, 0.25) is 0 Å². The molecule has 0 aromatic rings. The molecule has 0 spiro atoms. The SMILES string of the molecule is O=P([O-])(F)Cl.O=P([O-])(F)Cl.[Ca+2].[SbH3]. The van der Waals surface area contributed by atoms with Crippen LogP contribution in [0, 0.1) is 0 Å². The summed E-state index contributed by atoms with van der Waals surface area (Å²) in [6, 6.07) is 0. The standard InChI is InChI=1S/Ca.2ClFHO2P.Sb.3H/c;2*1-5(2,3)4;;;;/h;2*(H,3,4);;;;/q+2;;;;;;/p-2. The Labute approximate surface area is 124 Å². The van der Waals surface area contributed by atoms with Crippen LogP contribution in [0.4, 0.5) is 8.39 Å². The summed E-state index contributed by atoms with van der Waals surface area (Å²) >= 11 is 7.73. The fraction of sp³-hybridized carbons (Fsp3) is 0. The van der Waals surface area contributed by atoms with Crippen molar-refractivity contribution in [1.82, 2.24) is 0 Å². The minimum absolute atomic E-state index is 0. The molecule has 0 radical (unpaired) electrons. The molecule has 0 amide bonds. The molecule has 0 aromatic carbocycles. The predicted octanol–water partition coefficient (Wildman–Crippen LogP) is -0.238. The van der Waals surface area contributed by atoms with Gasteiger partial charge in [-0.2, -0.15) is 8.39 Å². The Morgan fingerprint density at radius 2 is 1.00 bits per heavy atom. The van der Waals surface area contributed by atoms with Crippen LogP contribution in [-0.4, -0.2) is 62.2 Å². The van der Waals surface area contributed by atoms with E-state index in [4.69, 9.17) is 18.9 Å². The number of hydrogen-bond donors (Lipinski definition) is 0. The van der Waals surface area contributed by atoms with Gasteiger partial charge in [0.25, 0.3) is 14.1 Å². The average molecular weight is 400 g/mol. The molecular weight excluding hydrogens is 397 g/mol. The van der Waals surface area contributed by atoms with E-state index in [2.05, 4.69) is 22.5 Å². The normalized spacial score (nSPS) is 17.8. The number of halogens is 4. The van der Waals surface area contributed by atoms with Gasteiger partial charge in [0.1, 0.15) is 0 Å². The van der Waals surface area contributed by atoms with Gasteiger partial charge in [0, 0.05) is 0 Å². The summed E-state index contributed by atoms with van der Waals surface area (Å²) in [5, 5.41) is 0. The van der Waals surface area contributed by atoms with Crippen LogP contribution in [0.2, 0.25) is 0 Å². The molecule has 0 rings (SSSR count). The third-order valence-electron chi connectivity index (χ3n) is 0. The average Bonchev–Trinajstić information content (AvgIpc) is 1.12. The maximum atomic E-state index is 10.5. The van der Waals surface area contributed by atoms with Crippen LogP contribution >= 0.6 is 36.5 Å². The van der Waals surface area contributed by atoms with E-state index in [1.807, 2.05) is 0 Å². The molecular formula is H3CaCl2F2O4P2Sb. The Morgan fingerprint density at radius 1 is 1.00 bits per heavy atom. The summed E-state index contributed by atoms with van der Waals surface area (Å²) in [6.07, 6.45) is 0. The van der Waals surface area contributed by atoms with E-state index in [1.54, 1.807) is 0 Å². The zero-order chi connectivity index (χ0) is 9.00. The molecule has 12 heavy (non-hydrogen) atoms. The third kappa shape index (κ3) is 217. The van der Waals surface area contributed by atoms with Gasteiger partial charge in [-0.25, -0.2) is 0 Å². The molecule has 4 nitrogen and oxygen atoms in total. The molecule has 72 valence electrons. The summed E-state index contributed by atoms with van der Waals surface area (Å²) in [4.78, 5) is 17.5. The topological polar surface area (TPSA) is 80.3 Å². The fourth-order valence-corrected chi connectivity index (χ4v) is 0. The number of rotatable bonds is 0. The second kappa shape index (κ2) is 10.4. The Bertz CT molecular complexity index is 141. The van der Waals surface area contributed by atoms with Gasteiger partial charge in [-0.15, -0.1) is 0 Å². The molecule has 0 N–H and O–H groups in total. The zero-order valence-electron chi connectivity index (χ0n) is 5.45. The van der Waals surface area contributed by atoms with E-state index in [9.17, 15) is 8.39 Å². The zero-order valence-corrected chi connectivity index (χ0v) is 15.0. The van der Waals surface area contributed by atoms with Crippen molar-refractivity contribution in [3.05, 3.63) is 0 Å². The maximum absolute atomic E-state index is 10.5. The van der Waals surface area contributed by atoms with Crippen molar-refractivity contribution in [2.24, 2.45) is 0 Å². The Morgan fingerprint density at radius 3 is 1.00 bits per heavy atom. The monoisotopic (exact) mass is 398 g/mol. The van der Waals surface area contributed by atoms with E-state index >= 15 is 0 Å². The molecule has 2 atom stereocenters. The minimum atomic E-state index is -4.92. The molecule has 0 saturated heterocycles. The molecule has 12 heteroatoms. The Kier molecular flexibility index (Phi) is 21.0. The summed E-state index contributed by atoms with van der Waals surface area (Å²) < 4.78 is 38.4. The molecule has 0 fully saturated rings. The summed E-state index contributed by atoms with van der Waals surface area (Å²) in [5.74, 6) is 0. The van der Waals surface area contributed by atoms with Gasteiger partial charge in [0.05, 0.1) is 0 Å². The first-order chi connectivity index (χ1) is 4.00. The second-order valence-corrected chi connectivity index (χ2v) is 4.91. The summed E-state index contributed by atoms with van der Waals surface area (Å²) in [5.41, 5.74) is 0. The Hall–Kier alpha value is 2.90. The molecule has 2 unspecified atom stereocenters. The molecule has 0 aliphatic heterocycles. The van der Waals surface area contributed by atoms with Crippen molar-refractivity contribution in [3.63, 3.8) is 0 Å². The van der Waals surface area contributed by atoms with Crippen LogP contribution in [0.1, 0.15) is 0 Å². The van der Waals surface area contributed by atoms with E-state index in [1.165, 1.54) is 0 Å². The van der Waals surface area contributed by atoms with Crippen LogP contribution in [-0.2, 0) is 9.13 Å². The summed E-state index contributed by atoms with van der Waals surface area (Å²) in [6.45, 7) is 0. The Balaban J connectivity index is -0.0000000457. The van der Waals surface area contributed by atoms with E-state index in [0.717, 1.165) is 0 Å². The molecule has 0 heterocycles. The van der Waals surface area contributed by atoms with E-state index in [-0.39, 0.29) is 62.2 Å². The molecule has 0 bridgehead atoms. The van der Waals surface area contributed by atoms with E-state index in [0.29, 0.717) is 0 Å².